The van der Waals surface area contributed by atoms with E-state index < -0.39 is 0 Å². The van der Waals surface area contributed by atoms with Gasteiger partial charge in [0.25, 0.3) is 5.91 Å². The van der Waals surface area contributed by atoms with Crippen molar-refractivity contribution in [2.24, 2.45) is 0 Å². The lowest BCUT2D eigenvalue weighted by Gasteiger charge is -2.09. The summed E-state index contributed by atoms with van der Waals surface area (Å²) in [6.45, 7) is 0. The summed E-state index contributed by atoms with van der Waals surface area (Å²) in [6.07, 6.45) is 3.30. The van der Waals surface area contributed by atoms with Gasteiger partial charge in [-0.3, -0.25) is 9.78 Å². The molecule has 0 aliphatic rings. The van der Waals surface area contributed by atoms with Crippen molar-refractivity contribution >= 4 is 45.5 Å². The quantitative estimate of drug-likeness (QED) is 0.510. The number of benzene rings is 2. The molecule has 0 fully saturated rings. The Balaban J connectivity index is 1.52. The van der Waals surface area contributed by atoms with Crippen LogP contribution < -0.4 is 10.6 Å². The van der Waals surface area contributed by atoms with Gasteiger partial charge in [0, 0.05) is 11.6 Å². The molecule has 132 valence electrons. The fourth-order valence-corrected chi connectivity index (χ4v) is 2.89. The molecular weight excluding hydrogens is 360 g/mol. The topological polar surface area (TPSA) is 66.9 Å². The summed E-state index contributed by atoms with van der Waals surface area (Å²) >= 11 is 6.14. The van der Waals surface area contributed by atoms with Crippen LogP contribution in [0.2, 0.25) is 5.02 Å². The fourth-order valence-electron chi connectivity index (χ4n) is 2.71. The molecule has 0 aliphatic heterocycles. The van der Waals surface area contributed by atoms with Crippen LogP contribution in [0, 0.1) is 0 Å². The molecule has 0 unspecified atom stereocenters. The minimum absolute atomic E-state index is 0.294. The molecule has 2 N–H and O–H groups in total. The normalized spacial score (nSPS) is 10.6. The Morgan fingerprint density at radius 3 is 2.48 bits per heavy atom. The lowest BCUT2D eigenvalue weighted by atomic mass is 10.2. The first-order valence-corrected chi connectivity index (χ1v) is 8.71. The number of halogens is 1. The third-order valence-corrected chi connectivity index (χ3v) is 4.36. The third-order valence-electron chi connectivity index (χ3n) is 4.03. The lowest BCUT2D eigenvalue weighted by molar-refractivity contribution is 0.102. The number of rotatable bonds is 4. The SMILES string of the molecule is O=C(Nc1cccc2cccnc12)c1ccc(Nc2ccccc2Cl)cn1. The second-order valence-corrected chi connectivity index (χ2v) is 6.28. The Morgan fingerprint density at radius 1 is 0.852 bits per heavy atom. The van der Waals surface area contributed by atoms with Crippen molar-refractivity contribution in [2.45, 2.75) is 0 Å². The van der Waals surface area contributed by atoms with Gasteiger partial charge < -0.3 is 10.6 Å². The number of anilines is 3. The number of hydrogen-bond acceptors (Lipinski definition) is 4. The molecule has 5 nitrogen and oxygen atoms in total. The van der Waals surface area contributed by atoms with Crippen molar-refractivity contribution in [3.8, 4) is 0 Å². The molecule has 0 saturated heterocycles. The number of aromatic nitrogens is 2. The van der Waals surface area contributed by atoms with Crippen molar-refractivity contribution in [3.05, 3.63) is 89.8 Å². The highest BCUT2D eigenvalue weighted by Crippen LogP contribution is 2.25. The van der Waals surface area contributed by atoms with Crippen LogP contribution in [0.1, 0.15) is 10.5 Å². The van der Waals surface area contributed by atoms with E-state index >= 15 is 0 Å². The minimum Gasteiger partial charge on any atom is -0.353 e. The lowest BCUT2D eigenvalue weighted by Crippen LogP contribution is -2.14. The molecule has 0 radical (unpaired) electrons. The van der Waals surface area contributed by atoms with Crippen molar-refractivity contribution < 1.29 is 4.79 Å². The Kier molecular flexibility index (Phi) is 4.68. The van der Waals surface area contributed by atoms with Crippen molar-refractivity contribution in [2.75, 3.05) is 10.6 Å². The number of para-hydroxylation sites is 2. The van der Waals surface area contributed by atoms with Crippen molar-refractivity contribution in [1.82, 2.24) is 9.97 Å². The molecule has 27 heavy (non-hydrogen) atoms. The van der Waals surface area contributed by atoms with Crippen LogP contribution in [0.3, 0.4) is 0 Å². The second kappa shape index (κ2) is 7.43. The van der Waals surface area contributed by atoms with E-state index in [0.717, 1.165) is 22.3 Å². The van der Waals surface area contributed by atoms with E-state index in [1.807, 2.05) is 48.5 Å². The zero-order chi connectivity index (χ0) is 18.6. The standard InChI is InChI=1S/C21H15ClN4O/c22-16-7-1-2-8-17(16)25-15-10-11-19(24-13-15)21(27)26-18-9-3-5-14-6-4-12-23-20(14)18/h1-13,25H,(H,26,27). The predicted molar refractivity (Wildman–Crippen MR) is 109 cm³/mol. The van der Waals surface area contributed by atoms with Crippen molar-refractivity contribution in [3.63, 3.8) is 0 Å². The van der Waals surface area contributed by atoms with Gasteiger partial charge in [-0.1, -0.05) is 41.9 Å². The summed E-state index contributed by atoms with van der Waals surface area (Å²) in [5, 5.41) is 7.62. The maximum atomic E-state index is 12.5. The molecule has 4 rings (SSSR count). The highest BCUT2D eigenvalue weighted by Gasteiger charge is 2.10. The van der Waals surface area contributed by atoms with Crippen LogP contribution in [0.5, 0.6) is 0 Å². The number of carbonyl (C=O) groups excluding carboxylic acids is 1. The zero-order valence-corrected chi connectivity index (χ0v) is 14.9. The van der Waals surface area contributed by atoms with E-state index in [9.17, 15) is 4.79 Å². The monoisotopic (exact) mass is 374 g/mol. The van der Waals surface area contributed by atoms with E-state index in [-0.39, 0.29) is 5.91 Å². The van der Waals surface area contributed by atoms with Crippen molar-refractivity contribution in [1.29, 1.82) is 0 Å². The summed E-state index contributed by atoms with van der Waals surface area (Å²) in [7, 11) is 0. The maximum Gasteiger partial charge on any atom is 0.274 e. The molecule has 1 amide bonds. The molecule has 2 aromatic heterocycles. The smallest absolute Gasteiger partial charge is 0.274 e. The molecule has 6 heteroatoms. The van der Waals surface area contributed by atoms with E-state index in [1.165, 1.54) is 0 Å². The zero-order valence-electron chi connectivity index (χ0n) is 14.2. The first kappa shape index (κ1) is 17.0. The Labute approximate surface area is 161 Å². The summed E-state index contributed by atoms with van der Waals surface area (Å²) in [5.74, 6) is -0.294. The largest absolute Gasteiger partial charge is 0.353 e. The molecule has 2 heterocycles. The summed E-state index contributed by atoms with van der Waals surface area (Å²) < 4.78 is 0. The van der Waals surface area contributed by atoms with Crippen LogP contribution in [0.4, 0.5) is 17.1 Å². The summed E-state index contributed by atoms with van der Waals surface area (Å²) in [5.41, 5.74) is 3.22. The van der Waals surface area contributed by atoms with Gasteiger partial charge in [-0.2, -0.15) is 0 Å². The first-order chi connectivity index (χ1) is 13.2. The molecular formula is C21H15ClN4O. The van der Waals surface area contributed by atoms with Gasteiger partial charge >= 0.3 is 0 Å². The van der Waals surface area contributed by atoms with Crippen LogP contribution in [0.25, 0.3) is 10.9 Å². The number of pyridine rings is 2. The number of nitrogens with one attached hydrogen (secondary N) is 2. The van der Waals surface area contributed by atoms with E-state index in [2.05, 4.69) is 20.6 Å². The summed E-state index contributed by atoms with van der Waals surface area (Å²) in [6, 6.07) is 20.3. The molecule has 2 aromatic carbocycles. The predicted octanol–water partition coefficient (Wildman–Crippen LogP) is 5.28. The number of hydrogen-bond donors (Lipinski definition) is 2. The third kappa shape index (κ3) is 3.73. The van der Waals surface area contributed by atoms with Gasteiger partial charge in [-0.15, -0.1) is 0 Å². The minimum atomic E-state index is -0.294. The number of nitrogens with zero attached hydrogens (tertiary/aromatic N) is 2. The molecule has 0 atom stereocenters. The van der Waals surface area contributed by atoms with Crippen LogP contribution >= 0.6 is 11.6 Å². The Morgan fingerprint density at radius 2 is 1.67 bits per heavy atom. The maximum absolute atomic E-state index is 12.5. The molecule has 0 aliphatic carbocycles. The number of carbonyl (C=O) groups is 1. The van der Waals surface area contributed by atoms with Crippen LogP contribution in [-0.4, -0.2) is 15.9 Å². The first-order valence-electron chi connectivity index (χ1n) is 8.33. The van der Waals surface area contributed by atoms with E-state index in [4.69, 9.17) is 11.6 Å². The van der Waals surface area contributed by atoms with Gasteiger partial charge in [-0.25, -0.2) is 4.98 Å². The van der Waals surface area contributed by atoms with Gasteiger partial charge in [0.1, 0.15) is 5.69 Å². The average molecular weight is 375 g/mol. The highest BCUT2D eigenvalue weighted by atomic mass is 35.5. The Bertz CT molecular complexity index is 1110. The molecule has 4 aromatic rings. The molecule has 0 saturated carbocycles. The van der Waals surface area contributed by atoms with Gasteiger partial charge in [-0.05, 0) is 36.4 Å². The van der Waals surface area contributed by atoms with Crippen LogP contribution in [0.15, 0.2) is 79.1 Å². The second-order valence-electron chi connectivity index (χ2n) is 5.87. The van der Waals surface area contributed by atoms with E-state index in [0.29, 0.717) is 16.4 Å². The van der Waals surface area contributed by atoms with Gasteiger partial charge in [0.2, 0.25) is 0 Å². The number of amides is 1. The van der Waals surface area contributed by atoms with Gasteiger partial charge in [0.15, 0.2) is 0 Å². The molecule has 0 spiro atoms. The molecule has 0 bridgehead atoms. The van der Waals surface area contributed by atoms with E-state index in [1.54, 1.807) is 30.6 Å². The van der Waals surface area contributed by atoms with Crippen LogP contribution in [-0.2, 0) is 0 Å². The fraction of sp³-hybridized carbons (Fsp3) is 0. The van der Waals surface area contributed by atoms with Gasteiger partial charge in [0.05, 0.1) is 33.8 Å². The Hall–Kier alpha value is -3.44. The summed E-state index contributed by atoms with van der Waals surface area (Å²) in [4.78, 5) is 21.1. The highest BCUT2D eigenvalue weighted by molar-refractivity contribution is 6.33. The number of fused-ring (bicyclic) bond motifs is 1. The average Bonchev–Trinajstić information content (AvgIpc) is 2.70.